The Morgan fingerprint density at radius 3 is 2.60 bits per heavy atom. The van der Waals surface area contributed by atoms with Crippen LogP contribution in [-0.4, -0.2) is 42.7 Å². The molecule has 0 aromatic carbocycles. The molecule has 0 aliphatic heterocycles. The summed E-state index contributed by atoms with van der Waals surface area (Å²) in [6.07, 6.45) is 2.77. The van der Waals surface area contributed by atoms with Crippen molar-refractivity contribution in [3.05, 3.63) is 22.8 Å². The van der Waals surface area contributed by atoms with Crippen LogP contribution in [0.4, 0.5) is 0 Å². The second kappa shape index (κ2) is 7.81. The zero-order chi connectivity index (χ0) is 15.2. The largest absolute Gasteiger partial charge is 0.477 e. The average Bonchev–Trinajstić information content (AvgIpc) is 2.33. The highest BCUT2D eigenvalue weighted by molar-refractivity contribution is 6.31. The van der Waals surface area contributed by atoms with Crippen LogP contribution in [0.2, 0.25) is 5.02 Å². The van der Waals surface area contributed by atoms with Gasteiger partial charge in [-0.05, 0) is 52.9 Å². The molecule has 0 saturated carbocycles. The molecule has 1 rings (SSSR count). The number of halogens is 1. The Balaban J connectivity index is 2.47. The Morgan fingerprint density at radius 1 is 1.35 bits per heavy atom. The van der Waals surface area contributed by atoms with Gasteiger partial charge in [0.15, 0.2) is 0 Å². The number of hydrogen-bond donors (Lipinski definition) is 1. The van der Waals surface area contributed by atoms with Crippen molar-refractivity contribution in [1.82, 2.24) is 15.2 Å². The maximum absolute atomic E-state index is 6.20. The van der Waals surface area contributed by atoms with E-state index in [4.69, 9.17) is 16.3 Å². The quantitative estimate of drug-likeness (QED) is 0.786. The third-order valence-electron chi connectivity index (χ3n) is 2.68. The molecule has 0 aliphatic carbocycles. The lowest BCUT2D eigenvalue weighted by Crippen LogP contribution is -2.35. The van der Waals surface area contributed by atoms with Crippen LogP contribution in [0.15, 0.2) is 12.3 Å². The van der Waals surface area contributed by atoms with Crippen LogP contribution in [0.25, 0.3) is 0 Å². The summed E-state index contributed by atoms with van der Waals surface area (Å²) in [6.45, 7) is 8.76. The first-order chi connectivity index (χ1) is 9.28. The van der Waals surface area contributed by atoms with Crippen molar-refractivity contribution in [2.75, 3.05) is 27.2 Å². The van der Waals surface area contributed by atoms with Crippen LogP contribution in [-0.2, 0) is 6.54 Å². The summed E-state index contributed by atoms with van der Waals surface area (Å²) in [5.74, 6) is 0.518. The van der Waals surface area contributed by atoms with Gasteiger partial charge in [-0.25, -0.2) is 4.98 Å². The fourth-order valence-electron chi connectivity index (χ4n) is 1.58. The van der Waals surface area contributed by atoms with E-state index in [0.29, 0.717) is 17.5 Å². The minimum absolute atomic E-state index is 0.0772. The fraction of sp³-hybridized carbons (Fsp3) is 0.667. The normalized spacial score (nSPS) is 11.9. The Hall–Kier alpha value is -0.840. The summed E-state index contributed by atoms with van der Waals surface area (Å²) in [7, 11) is 4.09. The van der Waals surface area contributed by atoms with Gasteiger partial charge in [0, 0.05) is 24.8 Å². The highest BCUT2D eigenvalue weighted by atomic mass is 35.5. The molecule has 114 valence electrons. The predicted molar refractivity (Wildman–Crippen MR) is 84.5 cm³/mol. The van der Waals surface area contributed by atoms with E-state index < -0.39 is 0 Å². The molecule has 0 aliphatic rings. The summed E-state index contributed by atoms with van der Waals surface area (Å²) >= 11 is 6.20. The standard InChI is InChI=1S/C15H26ClN3O/c1-15(2,3)18-11-12-9-13(16)14(17-10-12)20-8-6-7-19(4)5/h9-10,18H,6-8,11H2,1-5H3. The third-order valence-corrected chi connectivity index (χ3v) is 2.95. The molecule has 1 N–H and O–H groups in total. The monoisotopic (exact) mass is 299 g/mol. The van der Waals surface area contributed by atoms with E-state index in [1.54, 1.807) is 0 Å². The fourth-order valence-corrected chi connectivity index (χ4v) is 1.83. The molecule has 1 aromatic rings. The zero-order valence-electron chi connectivity index (χ0n) is 13.2. The van der Waals surface area contributed by atoms with Crippen LogP contribution < -0.4 is 10.1 Å². The molecule has 5 heteroatoms. The van der Waals surface area contributed by atoms with Gasteiger partial charge in [-0.2, -0.15) is 0 Å². The van der Waals surface area contributed by atoms with E-state index in [1.165, 1.54) is 0 Å². The molecule has 0 radical (unpaired) electrons. The van der Waals surface area contributed by atoms with E-state index in [2.05, 4.69) is 36.0 Å². The Labute approximate surface area is 127 Å². The van der Waals surface area contributed by atoms with E-state index in [0.717, 1.165) is 25.1 Å². The van der Waals surface area contributed by atoms with Crippen molar-refractivity contribution >= 4 is 11.6 Å². The molecule has 1 heterocycles. The van der Waals surface area contributed by atoms with Crippen LogP contribution >= 0.6 is 11.6 Å². The number of ether oxygens (including phenoxy) is 1. The van der Waals surface area contributed by atoms with Gasteiger partial charge in [-0.1, -0.05) is 11.6 Å². The van der Waals surface area contributed by atoms with Gasteiger partial charge in [-0.3, -0.25) is 0 Å². The Morgan fingerprint density at radius 2 is 2.05 bits per heavy atom. The van der Waals surface area contributed by atoms with Crippen molar-refractivity contribution in [3.8, 4) is 5.88 Å². The summed E-state index contributed by atoms with van der Waals surface area (Å²) in [5.41, 5.74) is 1.14. The van der Waals surface area contributed by atoms with Gasteiger partial charge in [-0.15, -0.1) is 0 Å². The maximum atomic E-state index is 6.20. The first-order valence-electron chi connectivity index (χ1n) is 6.95. The molecule has 20 heavy (non-hydrogen) atoms. The SMILES string of the molecule is CN(C)CCCOc1ncc(CNC(C)(C)C)cc1Cl. The number of pyridine rings is 1. The second-order valence-electron chi connectivity index (χ2n) is 6.24. The van der Waals surface area contributed by atoms with Gasteiger partial charge in [0.25, 0.3) is 0 Å². The number of nitrogens with zero attached hydrogens (tertiary/aromatic N) is 2. The smallest absolute Gasteiger partial charge is 0.232 e. The van der Waals surface area contributed by atoms with E-state index >= 15 is 0 Å². The molecule has 0 fully saturated rings. The first-order valence-corrected chi connectivity index (χ1v) is 7.33. The van der Waals surface area contributed by atoms with E-state index in [9.17, 15) is 0 Å². The highest BCUT2D eigenvalue weighted by Crippen LogP contribution is 2.22. The van der Waals surface area contributed by atoms with Crippen molar-refractivity contribution in [2.45, 2.75) is 39.3 Å². The minimum Gasteiger partial charge on any atom is -0.477 e. The molecular weight excluding hydrogens is 274 g/mol. The Kier molecular flexibility index (Phi) is 6.72. The van der Waals surface area contributed by atoms with Gasteiger partial charge in [0.05, 0.1) is 6.61 Å². The number of hydrogen-bond acceptors (Lipinski definition) is 4. The lowest BCUT2D eigenvalue weighted by molar-refractivity contribution is 0.273. The van der Waals surface area contributed by atoms with Crippen LogP contribution in [0.1, 0.15) is 32.8 Å². The summed E-state index contributed by atoms with van der Waals surface area (Å²) in [6, 6.07) is 1.91. The van der Waals surface area contributed by atoms with E-state index in [-0.39, 0.29) is 5.54 Å². The second-order valence-corrected chi connectivity index (χ2v) is 6.65. The van der Waals surface area contributed by atoms with Crippen molar-refractivity contribution in [1.29, 1.82) is 0 Å². The highest BCUT2D eigenvalue weighted by Gasteiger charge is 2.10. The summed E-state index contributed by atoms with van der Waals surface area (Å²) in [4.78, 5) is 6.41. The number of nitrogens with one attached hydrogen (secondary N) is 1. The van der Waals surface area contributed by atoms with Crippen molar-refractivity contribution in [3.63, 3.8) is 0 Å². The van der Waals surface area contributed by atoms with Crippen molar-refractivity contribution in [2.24, 2.45) is 0 Å². The van der Waals surface area contributed by atoms with Gasteiger partial charge in [0.2, 0.25) is 5.88 Å². The summed E-state index contributed by atoms with van der Waals surface area (Å²) < 4.78 is 5.60. The van der Waals surface area contributed by atoms with Crippen LogP contribution in [0.3, 0.4) is 0 Å². The topological polar surface area (TPSA) is 37.4 Å². The first kappa shape index (κ1) is 17.2. The molecule has 0 bridgehead atoms. The predicted octanol–water partition coefficient (Wildman–Crippen LogP) is 2.95. The molecule has 0 spiro atoms. The van der Waals surface area contributed by atoms with Crippen LogP contribution in [0, 0.1) is 0 Å². The molecular formula is C15H26ClN3O. The minimum atomic E-state index is 0.0772. The Bertz CT molecular complexity index is 416. The summed E-state index contributed by atoms with van der Waals surface area (Å²) in [5, 5.41) is 3.98. The molecule has 1 aromatic heterocycles. The van der Waals surface area contributed by atoms with Crippen molar-refractivity contribution < 1.29 is 4.74 Å². The lowest BCUT2D eigenvalue weighted by Gasteiger charge is -2.20. The number of aromatic nitrogens is 1. The molecule has 0 atom stereocenters. The third kappa shape index (κ3) is 7.08. The van der Waals surface area contributed by atoms with Gasteiger partial charge in [0.1, 0.15) is 5.02 Å². The molecule has 0 saturated heterocycles. The molecule has 4 nitrogen and oxygen atoms in total. The van der Waals surface area contributed by atoms with Gasteiger partial charge < -0.3 is 15.0 Å². The molecule has 0 amide bonds. The number of rotatable bonds is 7. The van der Waals surface area contributed by atoms with Crippen LogP contribution in [0.5, 0.6) is 5.88 Å². The average molecular weight is 300 g/mol. The zero-order valence-corrected chi connectivity index (χ0v) is 13.9. The molecule has 0 unspecified atom stereocenters. The lowest BCUT2D eigenvalue weighted by atomic mass is 10.1. The maximum Gasteiger partial charge on any atom is 0.232 e. The van der Waals surface area contributed by atoms with Gasteiger partial charge >= 0.3 is 0 Å². The van der Waals surface area contributed by atoms with E-state index in [1.807, 2.05) is 26.4 Å².